The Kier molecular flexibility index (Phi) is 7.03. The molecular formula is C19H27N3OS. The van der Waals surface area contributed by atoms with Crippen LogP contribution in [0.1, 0.15) is 45.9 Å². The molecule has 0 saturated heterocycles. The van der Waals surface area contributed by atoms with E-state index in [4.69, 9.17) is 0 Å². The Bertz CT molecular complexity index is 687. The summed E-state index contributed by atoms with van der Waals surface area (Å²) in [6, 6.07) is 8.14. The number of aromatic nitrogens is 2. The van der Waals surface area contributed by atoms with Crippen molar-refractivity contribution in [3.8, 4) is 0 Å². The van der Waals surface area contributed by atoms with Crippen molar-refractivity contribution >= 4 is 28.6 Å². The lowest BCUT2D eigenvalue weighted by Gasteiger charge is -2.14. The Morgan fingerprint density at radius 3 is 2.67 bits per heavy atom. The van der Waals surface area contributed by atoms with E-state index in [9.17, 15) is 4.79 Å². The molecule has 4 nitrogen and oxygen atoms in total. The molecule has 1 amide bonds. The quantitative estimate of drug-likeness (QED) is 0.570. The smallest absolute Gasteiger partial charge is 0.230 e. The van der Waals surface area contributed by atoms with Crippen molar-refractivity contribution in [1.82, 2.24) is 15.3 Å². The zero-order valence-corrected chi connectivity index (χ0v) is 15.8. The van der Waals surface area contributed by atoms with Crippen molar-refractivity contribution < 1.29 is 4.79 Å². The van der Waals surface area contributed by atoms with E-state index in [1.807, 2.05) is 31.2 Å². The molecule has 1 atom stereocenters. The van der Waals surface area contributed by atoms with Crippen LogP contribution >= 0.6 is 11.8 Å². The lowest BCUT2D eigenvalue weighted by molar-refractivity contribution is -0.119. The zero-order valence-electron chi connectivity index (χ0n) is 15.0. The van der Waals surface area contributed by atoms with E-state index in [2.05, 4.69) is 36.1 Å². The van der Waals surface area contributed by atoms with Gasteiger partial charge in [0.1, 0.15) is 10.9 Å². The molecule has 5 heteroatoms. The van der Waals surface area contributed by atoms with Gasteiger partial charge in [0, 0.05) is 11.4 Å². The molecule has 0 aliphatic heterocycles. The molecule has 130 valence electrons. The number of thioether (sulfide) groups is 1. The molecule has 0 bridgehead atoms. The molecule has 2 rings (SSSR count). The maximum atomic E-state index is 12.2. The van der Waals surface area contributed by atoms with Crippen LogP contribution in [0, 0.1) is 12.8 Å². The molecule has 1 aromatic heterocycles. The van der Waals surface area contributed by atoms with Gasteiger partial charge in [-0.2, -0.15) is 0 Å². The van der Waals surface area contributed by atoms with Crippen LogP contribution in [0.25, 0.3) is 10.9 Å². The fraction of sp³-hybridized carbons (Fsp3) is 0.526. The number of rotatable bonds is 8. The summed E-state index contributed by atoms with van der Waals surface area (Å²) in [6.45, 7) is 8.42. The highest BCUT2D eigenvalue weighted by molar-refractivity contribution is 8.00. The minimum atomic E-state index is 0.0670. The van der Waals surface area contributed by atoms with E-state index in [0.717, 1.165) is 40.5 Å². The highest BCUT2D eigenvalue weighted by Gasteiger charge is 2.11. The largest absolute Gasteiger partial charge is 0.353 e. The van der Waals surface area contributed by atoms with Gasteiger partial charge in [-0.1, -0.05) is 56.7 Å². The van der Waals surface area contributed by atoms with Gasteiger partial charge in [0.15, 0.2) is 0 Å². The first-order chi connectivity index (χ1) is 11.5. The molecule has 0 aliphatic carbocycles. The lowest BCUT2D eigenvalue weighted by Crippen LogP contribution is -2.33. The number of fused-ring (bicyclic) bond motifs is 1. The number of para-hydroxylation sites is 1. The highest BCUT2D eigenvalue weighted by atomic mass is 32.2. The van der Waals surface area contributed by atoms with Crippen molar-refractivity contribution in [2.45, 2.75) is 58.0 Å². The first kappa shape index (κ1) is 18.7. The molecule has 1 N–H and O–H groups in total. The lowest BCUT2D eigenvalue weighted by atomic mass is 10.0. The number of amides is 1. The number of carbonyl (C=O) groups is 1. The van der Waals surface area contributed by atoms with Crippen LogP contribution in [0.3, 0.4) is 0 Å². The number of benzene rings is 1. The number of hydrogen-bond acceptors (Lipinski definition) is 4. The Labute approximate surface area is 148 Å². The summed E-state index contributed by atoms with van der Waals surface area (Å²) in [4.78, 5) is 21.1. The van der Waals surface area contributed by atoms with Gasteiger partial charge in [0.2, 0.25) is 5.91 Å². The van der Waals surface area contributed by atoms with Crippen molar-refractivity contribution in [1.29, 1.82) is 0 Å². The van der Waals surface area contributed by atoms with Crippen LogP contribution in [0.5, 0.6) is 0 Å². The van der Waals surface area contributed by atoms with E-state index >= 15 is 0 Å². The fourth-order valence-corrected chi connectivity index (χ4v) is 3.50. The molecule has 0 radical (unpaired) electrons. The second-order valence-electron chi connectivity index (χ2n) is 6.68. The van der Waals surface area contributed by atoms with Crippen LogP contribution in [-0.4, -0.2) is 27.7 Å². The van der Waals surface area contributed by atoms with Gasteiger partial charge >= 0.3 is 0 Å². The van der Waals surface area contributed by atoms with Crippen LogP contribution in [0.15, 0.2) is 29.3 Å². The Morgan fingerprint density at radius 1 is 1.17 bits per heavy atom. The summed E-state index contributed by atoms with van der Waals surface area (Å²) < 4.78 is 0. The summed E-state index contributed by atoms with van der Waals surface area (Å²) in [5, 5.41) is 4.96. The first-order valence-corrected chi connectivity index (χ1v) is 9.60. The van der Waals surface area contributed by atoms with E-state index in [1.165, 1.54) is 18.2 Å². The van der Waals surface area contributed by atoms with E-state index < -0.39 is 0 Å². The zero-order chi connectivity index (χ0) is 17.5. The topological polar surface area (TPSA) is 54.9 Å². The average molecular weight is 346 g/mol. The molecule has 2 aromatic rings. The van der Waals surface area contributed by atoms with Gasteiger partial charge in [-0.05, 0) is 32.3 Å². The van der Waals surface area contributed by atoms with Crippen LogP contribution in [-0.2, 0) is 4.79 Å². The number of carbonyl (C=O) groups excluding carboxylic acids is 1. The third-order valence-electron chi connectivity index (χ3n) is 3.85. The Balaban J connectivity index is 1.88. The Morgan fingerprint density at radius 2 is 1.92 bits per heavy atom. The predicted octanol–water partition coefficient (Wildman–Crippen LogP) is 4.36. The molecule has 24 heavy (non-hydrogen) atoms. The van der Waals surface area contributed by atoms with Crippen LogP contribution in [0.2, 0.25) is 0 Å². The Hall–Kier alpha value is -1.62. The second-order valence-corrected chi connectivity index (χ2v) is 7.64. The third-order valence-corrected chi connectivity index (χ3v) is 4.84. The summed E-state index contributed by atoms with van der Waals surface area (Å²) in [7, 11) is 0. The van der Waals surface area contributed by atoms with Gasteiger partial charge in [-0.25, -0.2) is 9.97 Å². The normalized spacial score (nSPS) is 12.5. The standard InChI is InChI=1S/C19H27N3OS/c1-13(2)8-7-9-14(3)20-18(23)12-24-19-16-10-5-6-11-17(16)21-15(4)22-19/h5-6,10-11,13-14H,7-9,12H2,1-4H3,(H,20,23). The molecular weight excluding hydrogens is 318 g/mol. The molecule has 0 saturated carbocycles. The SMILES string of the molecule is Cc1nc(SCC(=O)NC(C)CCCC(C)C)c2ccccc2n1. The third kappa shape index (κ3) is 5.78. The minimum absolute atomic E-state index is 0.0670. The summed E-state index contributed by atoms with van der Waals surface area (Å²) in [6.07, 6.45) is 3.40. The van der Waals surface area contributed by atoms with Gasteiger partial charge in [-0.15, -0.1) is 0 Å². The van der Waals surface area contributed by atoms with Crippen molar-refractivity contribution in [2.75, 3.05) is 5.75 Å². The van der Waals surface area contributed by atoms with Gasteiger partial charge in [0.05, 0.1) is 11.3 Å². The average Bonchev–Trinajstić information content (AvgIpc) is 2.52. The maximum Gasteiger partial charge on any atom is 0.230 e. The molecule has 0 aliphatic rings. The molecule has 1 heterocycles. The number of aryl methyl sites for hydroxylation is 1. The van der Waals surface area contributed by atoms with Crippen molar-refractivity contribution in [3.05, 3.63) is 30.1 Å². The maximum absolute atomic E-state index is 12.2. The van der Waals surface area contributed by atoms with Gasteiger partial charge < -0.3 is 5.32 Å². The molecule has 1 aromatic carbocycles. The number of hydrogen-bond donors (Lipinski definition) is 1. The van der Waals surface area contributed by atoms with Crippen LogP contribution < -0.4 is 5.32 Å². The van der Waals surface area contributed by atoms with Crippen molar-refractivity contribution in [3.63, 3.8) is 0 Å². The number of nitrogens with zero attached hydrogens (tertiary/aromatic N) is 2. The predicted molar refractivity (Wildman–Crippen MR) is 101 cm³/mol. The van der Waals surface area contributed by atoms with Crippen LogP contribution in [0.4, 0.5) is 0 Å². The summed E-state index contributed by atoms with van der Waals surface area (Å²) in [5.74, 6) is 1.91. The van der Waals surface area contributed by atoms with E-state index in [0.29, 0.717) is 5.75 Å². The summed E-state index contributed by atoms with van der Waals surface area (Å²) >= 11 is 1.48. The second kappa shape index (κ2) is 9.02. The first-order valence-electron chi connectivity index (χ1n) is 8.61. The van der Waals surface area contributed by atoms with E-state index in [-0.39, 0.29) is 11.9 Å². The molecule has 0 spiro atoms. The molecule has 0 fully saturated rings. The van der Waals surface area contributed by atoms with Crippen molar-refractivity contribution in [2.24, 2.45) is 5.92 Å². The highest BCUT2D eigenvalue weighted by Crippen LogP contribution is 2.25. The van der Waals surface area contributed by atoms with E-state index in [1.54, 1.807) is 0 Å². The fourth-order valence-electron chi connectivity index (χ4n) is 2.62. The van der Waals surface area contributed by atoms with Gasteiger partial charge in [-0.3, -0.25) is 4.79 Å². The minimum Gasteiger partial charge on any atom is -0.353 e. The monoisotopic (exact) mass is 345 g/mol. The molecule has 1 unspecified atom stereocenters. The van der Waals surface area contributed by atoms with Gasteiger partial charge in [0.25, 0.3) is 0 Å². The summed E-state index contributed by atoms with van der Waals surface area (Å²) in [5.41, 5.74) is 0.926. The number of nitrogens with one attached hydrogen (secondary N) is 1.